The van der Waals surface area contributed by atoms with Gasteiger partial charge in [0, 0.05) is 19.1 Å². The Morgan fingerprint density at radius 1 is 1.32 bits per heavy atom. The first kappa shape index (κ1) is 16.7. The topological polar surface area (TPSA) is 81.1 Å². The quantitative estimate of drug-likeness (QED) is 0.885. The summed E-state index contributed by atoms with van der Waals surface area (Å²) in [6, 6.07) is 0.668. The molecule has 1 heterocycles. The van der Waals surface area contributed by atoms with E-state index in [-0.39, 0.29) is 12.1 Å². The van der Waals surface area contributed by atoms with Crippen LogP contribution in [0.2, 0.25) is 0 Å². The van der Waals surface area contributed by atoms with Crippen LogP contribution in [0.3, 0.4) is 0 Å². The van der Waals surface area contributed by atoms with E-state index in [1.807, 2.05) is 27.8 Å². The second kappa shape index (κ2) is 7.09. The van der Waals surface area contributed by atoms with Crippen molar-refractivity contribution in [2.24, 2.45) is 7.05 Å². The van der Waals surface area contributed by atoms with Crippen molar-refractivity contribution in [3.05, 3.63) is 12.2 Å². The molecule has 0 atom stereocenters. The number of carbonyl (C=O) groups is 1. The van der Waals surface area contributed by atoms with Crippen LogP contribution in [0, 0.1) is 0 Å². The predicted molar refractivity (Wildman–Crippen MR) is 83.3 cm³/mol. The molecule has 1 aromatic rings. The summed E-state index contributed by atoms with van der Waals surface area (Å²) < 4.78 is 7.00. The maximum Gasteiger partial charge on any atom is 0.407 e. The van der Waals surface area contributed by atoms with Crippen molar-refractivity contribution >= 4 is 6.09 Å². The molecule has 22 heavy (non-hydrogen) atoms. The summed E-state index contributed by atoms with van der Waals surface area (Å²) in [5.74, 6) is 0.816. The van der Waals surface area contributed by atoms with Gasteiger partial charge < -0.3 is 15.4 Å². The fourth-order valence-corrected chi connectivity index (χ4v) is 2.62. The van der Waals surface area contributed by atoms with E-state index in [1.54, 1.807) is 11.0 Å². The largest absolute Gasteiger partial charge is 0.444 e. The third-order valence-electron chi connectivity index (χ3n) is 3.64. The lowest BCUT2D eigenvalue weighted by molar-refractivity contribution is 0.0489. The number of aryl methyl sites for hydroxylation is 1. The lowest BCUT2D eigenvalue weighted by atomic mass is 9.91. The molecular formula is C15H27N5O2. The molecule has 0 saturated heterocycles. The van der Waals surface area contributed by atoms with Crippen LogP contribution in [0.4, 0.5) is 4.79 Å². The number of nitrogens with zero attached hydrogens (tertiary/aromatic N) is 3. The summed E-state index contributed by atoms with van der Waals surface area (Å²) in [6.45, 7) is 6.31. The van der Waals surface area contributed by atoms with Gasteiger partial charge in [-0.15, -0.1) is 0 Å². The van der Waals surface area contributed by atoms with E-state index in [1.165, 1.54) is 0 Å². The van der Waals surface area contributed by atoms with Gasteiger partial charge in [-0.3, -0.25) is 4.68 Å². The van der Waals surface area contributed by atoms with Gasteiger partial charge in [-0.2, -0.15) is 5.10 Å². The third-order valence-corrected chi connectivity index (χ3v) is 3.64. The number of aromatic nitrogens is 3. The highest BCUT2D eigenvalue weighted by Gasteiger charge is 2.24. The van der Waals surface area contributed by atoms with Crippen LogP contribution < -0.4 is 10.6 Å². The second-order valence-electron chi connectivity index (χ2n) is 6.91. The van der Waals surface area contributed by atoms with Gasteiger partial charge >= 0.3 is 6.09 Å². The summed E-state index contributed by atoms with van der Waals surface area (Å²) in [5.41, 5.74) is -0.446. The van der Waals surface area contributed by atoms with Crippen molar-refractivity contribution in [3.63, 3.8) is 0 Å². The summed E-state index contributed by atoms with van der Waals surface area (Å²) in [5, 5.41) is 10.7. The molecule has 0 radical (unpaired) electrons. The van der Waals surface area contributed by atoms with E-state index in [9.17, 15) is 4.79 Å². The summed E-state index contributed by atoms with van der Waals surface area (Å²) >= 11 is 0. The van der Waals surface area contributed by atoms with Crippen molar-refractivity contribution in [3.8, 4) is 0 Å². The molecule has 2 rings (SSSR count). The predicted octanol–water partition coefficient (Wildman–Crippen LogP) is 1.74. The average molecular weight is 309 g/mol. The van der Waals surface area contributed by atoms with Crippen LogP contribution in [-0.4, -0.2) is 38.5 Å². The molecule has 2 N–H and O–H groups in total. The van der Waals surface area contributed by atoms with E-state index in [0.717, 1.165) is 31.5 Å². The molecule has 0 unspecified atom stereocenters. The van der Waals surface area contributed by atoms with E-state index in [4.69, 9.17) is 4.74 Å². The van der Waals surface area contributed by atoms with Gasteiger partial charge in [0.05, 0.1) is 6.54 Å². The van der Waals surface area contributed by atoms with Gasteiger partial charge in [0.1, 0.15) is 11.9 Å². The average Bonchev–Trinajstić information content (AvgIpc) is 2.81. The molecule has 0 spiro atoms. The maximum atomic E-state index is 11.8. The summed E-state index contributed by atoms with van der Waals surface area (Å²) in [7, 11) is 1.87. The molecule has 1 amide bonds. The zero-order valence-corrected chi connectivity index (χ0v) is 13.9. The Morgan fingerprint density at radius 2 is 1.95 bits per heavy atom. The van der Waals surface area contributed by atoms with Crippen LogP contribution in [0.15, 0.2) is 6.33 Å². The summed E-state index contributed by atoms with van der Waals surface area (Å²) in [4.78, 5) is 16.0. The van der Waals surface area contributed by atoms with Gasteiger partial charge in [0.25, 0.3) is 0 Å². The standard InChI is InChI=1S/C15H27N5O2/c1-15(2,3)22-14(21)18-12-7-5-11(6-8-12)16-9-13-17-10-20(4)19-13/h10-12,16H,5-9H2,1-4H3,(H,18,21). The monoisotopic (exact) mass is 309 g/mol. The Morgan fingerprint density at radius 3 is 2.50 bits per heavy atom. The first-order valence-corrected chi connectivity index (χ1v) is 7.89. The molecule has 1 saturated carbocycles. The zero-order chi connectivity index (χ0) is 16.2. The highest BCUT2D eigenvalue weighted by Crippen LogP contribution is 2.19. The molecule has 0 aliphatic heterocycles. The van der Waals surface area contributed by atoms with Crippen LogP contribution in [-0.2, 0) is 18.3 Å². The van der Waals surface area contributed by atoms with Crippen molar-refractivity contribution in [1.82, 2.24) is 25.4 Å². The highest BCUT2D eigenvalue weighted by molar-refractivity contribution is 5.68. The van der Waals surface area contributed by atoms with Gasteiger partial charge in [0.2, 0.25) is 0 Å². The van der Waals surface area contributed by atoms with E-state index >= 15 is 0 Å². The van der Waals surface area contributed by atoms with Crippen LogP contribution in [0.1, 0.15) is 52.3 Å². The molecule has 7 nitrogen and oxygen atoms in total. The SMILES string of the molecule is Cn1cnc(CNC2CCC(NC(=O)OC(C)(C)C)CC2)n1. The first-order valence-electron chi connectivity index (χ1n) is 7.89. The smallest absolute Gasteiger partial charge is 0.407 e. The van der Waals surface area contributed by atoms with Crippen LogP contribution in [0.25, 0.3) is 0 Å². The Hall–Kier alpha value is -1.63. The number of ether oxygens (including phenoxy) is 1. The highest BCUT2D eigenvalue weighted by atomic mass is 16.6. The van der Waals surface area contributed by atoms with Crippen LogP contribution in [0.5, 0.6) is 0 Å². The van der Waals surface area contributed by atoms with Crippen molar-refractivity contribution in [2.45, 2.75) is 70.7 Å². The van der Waals surface area contributed by atoms with Crippen molar-refractivity contribution < 1.29 is 9.53 Å². The number of nitrogens with one attached hydrogen (secondary N) is 2. The van der Waals surface area contributed by atoms with E-state index < -0.39 is 5.60 Å². The fourth-order valence-electron chi connectivity index (χ4n) is 2.62. The van der Waals surface area contributed by atoms with E-state index in [0.29, 0.717) is 12.6 Å². The number of rotatable bonds is 4. The van der Waals surface area contributed by atoms with Crippen molar-refractivity contribution in [1.29, 1.82) is 0 Å². The molecule has 124 valence electrons. The minimum Gasteiger partial charge on any atom is -0.444 e. The van der Waals surface area contributed by atoms with Crippen LogP contribution >= 0.6 is 0 Å². The number of alkyl carbamates (subject to hydrolysis) is 1. The lowest BCUT2D eigenvalue weighted by Crippen LogP contribution is -2.43. The number of hydrogen-bond acceptors (Lipinski definition) is 5. The van der Waals surface area contributed by atoms with Gasteiger partial charge in [-0.25, -0.2) is 9.78 Å². The van der Waals surface area contributed by atoms with E-state index in [2.05, 4.69) is 20.7 Å². The molecule has 0 bridgehead atoms. The Labute approximate surface area is 131 Å². The Bertz CT molecular complexity index is 486. The second-order valence-corrected chi connectivity index (χ2v) is 6.91. The maximum absolute atomic E-state index is 11.8. The Balaban J connectivity index is 1.66. The summed E-state index contributed by atoms with van der Waals surface area (Å²) in [6.07, 6.45) is 5.39. The fraction of sp³-hybridized carbons (Fsp3) is 0.800. The normalized spacial score (nSPS) is 22.4. The van der Waals surface area contributed by atoms with Gasteiger partial charge in [-0.05, 0) is 46.5 Å². The minimum atomic E-state index is -0.446. The molecule has 1 aliphatic rings. The first-order chi connectivity index (χ1) is 10.3. The van der Waals surface area contributed by atoms with Gasteiger partial charge in [-0.1, -0.05) is 0 Å². The zero-order valence-electron chi connectivity index (χ0n) is 13.9. The molecule has 1 aromatic heterocycles. The molecule has 0 aromatic carbocycles. The third kappa shape index (κ3) is 5.63. The molecular weight excluding hydrogens is 282 g/mol. The Kier molecular flexibility index (Phi) is 5.39. The van der Waals surface area contributed by atoms with Crippen molar-refractivity contribution in [2.75, 3.05) is 0 Å². The minimum absolute atomic E-state index is 0.209. The molecule has 1 fully saturated rings. The van der Waals surface area contributed by atoms with Gasteiger partial charge in [0.15, 0.2) is 5.82 Å². The number of hydrogen-bond donors (Lipinski definition) is 2. The molecule has 1 aliphatic carbocycles. The number of amides is 1. The lowest BCUT2D eigenvalue weighted by Gasteiger charge is -2.30. The number of carbonyl (C=O) groups excluding carboxylic acids is 1. The molecule has 7 heteroatoms.